The highest BCUT2D eigenvalue weighted by atomic mass is 19.4. The Balaban J connectivity index is 1.64. The van der Waals surface area contributed by atoms with Gasteiger partial charge < -0.3 is 16.0 Å². The van der Waals surface area contributed by atoms with Gasteiger partial charge in [-0.3, -0.25) is 9.78 Å². The topological polar surface area (TPSA) is 83.1 Å². The van der Waals surface area contributed by atoms with Gasteiger partial charge in [0, 0.05) is 35.5 Å². The van der Waals surface area contributed by atoms with Gasteiger partial charge in [-0.25, -0.2) is 4.79 Å². The third-order valence-corrected chi connectivity index (χ3v) is 4.31. The summed E-state index contributed by atoms with van der Waals surface area (Å²) in [6.07, 6.45) is 1.70. The quantitative estimate of drug-likeness (QED) is 0.445. The molecule has 0 spiro atoms. The van der Waals surface area contributed by atoms with E-state index in [9.17, 15) is 22.8 Å². The fraction of sp³-hybridized carbons (Fsp3) is 0.0870. The maximum atomic E-state index is 12.8. The van der Waals surface area contributed by atoms with Crippen molar-refractivity contribution in [2.45, 2.75) is 13.1 Å². The molecule has 0 aliphatic carbocycles. The van der Waals surface area contributed by atoms with Crippen molar-refractivity contribution in [3.8, 4) is 0 Å². The second-order valence-corrected chi connectivity index (χ2v) is 6.80. The minimum atomic E-state index is -4.51. The second-order valence-electron chi connectivity index (χ2n) is 6.80. The lowest BCUT2D eigenvalue weighted by atomic mass is 10.1. The Kier molecular flexibility index (Phi) is 6.89. The summed E-state index contributed by atoms with van der Waals surface area (Å²) >= 11 is 0. The first-order valence-electron chi connectivity index (χ1n) is 9.46. The van der Waals surface area contributed by atoms with E-state index in [4.69, 9.17) is 0 Å². The van der Waals surface area contributed by atoms with Crippen LogP contribution in [0.25, 0.3) is 6.08 Å². The van der Waals surface area contributed by atoms with E-state index in [1.807, 2.05) is 0 Å². The third kappa shape index (κ3) is 6.43. The number of anilines is 3. The molecule has 0 saturated carbocycles. The summed E-state index contributed by atoms with van der Waals surface area (Å²) in [5.41, 5.74) is 1.49. The first-order valence-corrected chi connectivity index (χ1v) is 9.46. The monoisotopic (exact) mass is 440 g/mol. The van der Waals surface area contributed by atoms with Crippen molar-refractivity contribution in [1.29, 1.82) is 0 Å². The number of carbonyl (C=O) groups excluding carboxylic acids is 2. The van der Waals surface area contributed by atoms with Crippen LogP contribution in [-0.2, 0) is 11.0 Å². The highest BCUT2D eigenvalue weighted by Gasteiger charge is 2.30. The van der Waals surface area contributed by atoms with E-state index < -0.39 is 17.8 Å². The van der Waals surface area contributed by atoms with E-state index in [2.05, 4.69) is 20.9 Å². The van der Waals surface area contributed by atoms with Crippen LogP contribution >= 0.6 is 0 Å². The zero-order valence-electron chi connectivity index (χ0n) is 16.9. The van der Waals surface area contributed by atoms with E-state index in [0.717, 1.165) is 23.3 Å². The minimum absolute atomic E-state index is 0.00139. The largest absolute Gasteiger partial charge is 0.416 e. The number of pyridine rings is 1. The van der Waals surface area contributed by atoms with E-state index >= 15 is 0 Å². The van der Waals surface area contributed by atoms with Crippen molar-refractivity contribution in [3.63, 3.8) is 0 Å². The molecule has 2 aromatic carbocycles. The molecule has 6 nitrogen and oxygen atoms in total. The molecule has 1 aromatic heterocycles. The van der Waals surface area contributed by atoms with Gasteiger partial charge in [-0.15, -0.1) is 0 Å². The van der Waals surface area contributed by atoms with E-state index in [0.29, 0.717) is 11.4 Å². The molecule has 3 rings (SSSR count). The normalized spacial score (nSPS) is 11.2. The van der Waals surface area contributed by atoms with Crippen LogP contribution in [0.1, 0.15) is 16.7 Å². The zero-order chi connectivity index (χ0) is 23.1. The molecule has 0 bridgehead atoms. The third-order valence-electron chi connectivity index (χ3n) is 4.31. The van der Waals surface area contributed by atoms with E-state index in [1.54, 1.807) is 55.7 Å². The lowest BCUT2D eigenvalue weighted by Gasteiger charge is -2.12. The van der Waals surface area contributed by atoms with Crippen molar-refractivity contribution in [3.05, 3.63) is 89.8 Å². The second kappa shape index (κ2) is 9.78. The molecule has 0 aliphatic rings. The highest BCUT2D eigenvalue weighted by molar-refractivity contribution is 6.03. The fourth-order valence-corrected chi connectivity index (χ4v) is 2.72. The summed E-state index contributed by atoms with van der Waals surface area (Å²) in [5.74, 6) is -0.373. The van der Waals surface area contributed by atoms with Crippen LogP contribution in [0.3, 0.4) is 0 Å². The summed E-state index contributed by atoms with van der Waals surface area (Å²) in [6.45, 7) is 1.78. The number of rotatable bonds is 5. The van der Waals surface area contributed by atoms with Gasteiger partial charge in [0.2, 0.25) is 5.91 Å². The molecule has 0 fully saturated rings. The maximum Gasteiger partial charge on any atom is 0.416 e. The van der Waals surface area contributed by atoms with Crippen molar-refractivity contribution in [2.24, 2.45) is 0 Å². The number of urea groups is 1. The molecule has 0 atom stereocenters. The Morgan fingerprint density at radius 2 is 1.69 bits per heavy atom. The number of amides is 3. The number of hydrogen-bond donors (Lipinski definition) is 3. The van der Waals surface area contributed by atoms with Gasteiger partial charge in [0.05, 0.1) is 5.56 Å². The Morgan fingerprint density at radius 3 is 2.38 bits per heavy atom. The number of halogens is 3. The summed E-state index contributed by atoms with van der Waals surface area (Å²) in [6, 6.07) is 12.0. The summed E-state index contributed by atoms with van der Waals surface area (Å²) in [7, 11) is 0. The molecule has 0 saturated heterocycles. The van der Waals surface area contributed by atoms with Crippen LogP contribution in [-0.4, -0.2) is 16.9 Å². The van der Waals surface area contributed by atoms with Crippen LogP contribution in [0.5, 0.6) is 0 Å². The summed E-state index contributed by atoms with van der Waals surface area (Å²) < 4.78 is 38.5. The van der Waals surface area contributed by atoms with Crippen molar-refractivity contribution >= 4 is 35.1 Å². The minimum Gasteiger partial charge on any atom is -0.322 e. The Bertz CT molecular complexity index is 1150. The molecule has 0 unspecified atom stereocenters. The zero-order valence-corrected chi connectivity index (χ0v) is 16.9. The molecule has 3 amide bonds. The highest BCUT2D eigenvalue weighted by Crippen LogP contribution is 2.30. The lowest BCUT2D eigenvalue weighted by Crippen LogP contribution is -2.20. The number of nitrogens with zero attached hydrogens (tertiary/aromatic N) is 1. The van der Waals surface area contributed by atoms with Crippen molar-refractivity contribution in [1.82, 2.24) is 4.98 Å². The molecule has 1 heterocycles. The SMILES string of the molecule is Cc1ccc(NC(=O)Nc2cccc(C(F)(F)F)c2)cc1NC(=O)C=Cc1cccnc1. The predicted molar refractivity (Wildman–Crippen MR) is 117 cm³/mol. The first-order chi connectivity index (χ1) is 15.2. The average Bonchev–Trinajstić information content (AvgIpc) is 2.75. The Hall–Kier alpha value is -4.14. The van der Waals surface area contributed by atoms with Gasteiger partial charge in [-0.1, -0.05) is 18.2 Å². The van der Waals surface area contributed by atoms with Gasteiger partial charge in [-0.2, -0.15) is 13.2 Å². The Morgan fingerprint density at radius 1 is 0.938 bits per heavy atom. The Labute approximate surface area is 182 Å². The number of hydrogen-bond acceptors (Lipinski definition) is 3. The van der Waals surface area contributed by atoms with E-state index in [-0.39, 0.29) is 11.6 Å². The van der Waals surface area contributed by atoms with Crippen molar-refractivity contribution in [2.75, 3.05) is 16.0 Å². The smallest absolute Gasteiger partial charge is 0.322 e. The fourth-order valence-electron chi connectivity index (χ4n) is 2.72. The molecular formula is C23H19F3N4O2. The number of benzene rings is 2. The maximum absolute atomic E-state index is 12.8. The van der Waals surface area contributed by atoms with E-state index in [1.165, 1.54) is 18.2 Å². The average molecular weight is 440 g/mol. The van der Waals surface area contributed by atoms with Gasteiger partial charge in [0.25, 0.3) is 0 Å². The number of aromatic nitrogens is 1. The molecule has 0 aliphatic heterocycles. The lowest BCUT2D eigenvalue weighted by molar-refractivity contribution is -0.137. The number of aryl methyl sites for hydroxylation is 1. The van der Waals surface area contributed by atoms with Gasteiger partial charge >= 0.3 is 12.2 Å². The van der Waals surface area contributed by atoms with Gasteiger partial charge in [-0.05, 0) is 60.5 Å². The van der Waals surface area contributed by atoms with Crippen LogP contribution in [0.15, 0.2) is 73.1 Å². The molecule has 164 valence electrons. The van der Waals surface area contributed by atoms with Crippen LogP contribution in [0.2, 0.25) is 0 Å². The predicted octanol–water partition coefficient (Wildman–Crippen LogP) is 5.70. The number of alkyl halides is 3. The molecule has 3 aromatic rings. The molecular weight excluding hydrogens is 421 g/mol. The number of nitrogens with one attached hydrogen (secondary N) is 3. The summed E-state index contributed by atoms with van der Waals surface area (Å²) in [5, 5.41) is 7.63. The number of carbonyl (C=O) groups is 2. The molecule has 32 heavy (non-hydrogen) atoms. The molecule has 3 N–H and O–H groups in total. The van der Waals surface area contributed by atoms with Gasteiger partial charge in [0.1, 0.15) is 0 Å². The molecule has 0 radical (unpaired) electrons. The standard InChI is InChI=1S/C23H19F3N4O2/c1-15-7-9-19(13-20(15)30-21(31)10-8-16-4-3-11-27-14-16)29-22(32)28-18-6-2-5-17(12-18)23(24,25)26/h2-14H,1H3,(H,30,31)(H2,28,29,32). The van der Waals surface area contributed by atoms with Crippen LogP contribution in [0, 0.1) is 6.92 Å². The van der Waals surface area contributed by atoms with Crippen LogP contribution in [0.4, 0.5) is 35.0 Å². The van der Waals surface area contributed by atoms with Crippen molar-refractivity contribution < 1.29 is 22.8 Å². The molecule has 9 heteroatoms. The first kappa shape index (κ1) is 22.5. The van der Waals surface area contributed by atoms with Crippen LogP contribution < -0.4 is 16.0 Å². The van der Waals surface area contributed by atoms with Gasteiger partial charge in [0.15, 0.2) is 0 Å². The summed E-state index contributed by atoms with van der Waals surface area (Å²) in [4.78, 5) is 28.4.